The Morgan fingerprint density at radius 2 is 1.66 bits per heavy atom. The van der Waals surface area contributed by atoms with Crippen LogP contribution in [-0.4, -0.2) is 29.1 Å². The van der Waals surface area contributed by atoms with Gasteiger partial charge < -0.3 is 15.2 Å². The zero-order chi connectivity index (χ0) is 22.7. The Kier molecular flexibility index (Phi) is 6.05. The number of amides is 1. The van der Waals surface area contributed by atoms with Gasteiger partial charge in [-0.3, -0.25) is 9.59 Å². The van der Waals surface area contributed by atoms with Crippen molar-refractivity contribution >= 4 is 46.1 Å². The highest BCUT2D eigenvalue weighted by atomic mass is 35.5. The van der Waals surface area contributed by atoms with Crippen molar-refractivity contribution in [3.05, 3.63) is 94.5 Å². The van der Waals surface area contributed by atoms with Crippen LogP contribution in [0.1, 0.15) is 22.8 Å². The number of fused-ring (bicyclic) bond motifs is 1. The lowest BCUT2D eigenvalue weighted by atomic mass is 9.87. The molecule has 0 aliphatic heterocycles. The second-order valence-corrected chi connectivity index (χ2v) is 7.38. The molecule has 0 unspecified atom stereocenters. The number of anilines is 1. The highest BCUT2D eigenvalue weighted by molar-refractivity contribution is 6.60. The van der Waals surface area contributed by atoms with Gasteiger partial charge in [0.2, 0.25) is 5.78 Å². The molecule has 3 aromatic rings. The molecule has 160 valence electrons. The van der Waals surface area contributed by atoms with E-state index < -0.39 is 11.7 Å². The van der Waals surface area contributed by atoms with Crippen LogP contribution in [0.25, 0.3) is 5.76 Å². The molecule has 0 atom stereocenters. The Morgan fingerprint density at radius 1 is 1.00 bits per heavy atom. The van der Waals surface area contributed by atoms with Crippen molar-refractivity contribution in [3.63, 3.8) is 0 Å². The predicted molar refractivity (Wildman–Crippen MR) is 125 cm³/mol. The molecule has 1 aliphatic rings. The number of ether oxygens (including phenoxy) is 1. The first-order valence-corrected chi connectivity index (χ1v) is 10.3. The first kappa shape index (κ1) is 21.3. The summed E-state index contributed by atoms with van der Waals surface area (Å²) in [6.45, 7) is 2.41. The monoisotopic (exact) mass is 446 g/mol. The van der Waals surface area contributed by atoms with E-state index in [1.165, 1.54) is 0 Å². The second kappa shape index (κ2) is 9.08. The molecule has 4 rings (SSSR count). The molecule has 32 heavy (non-hydrogen) atoms. The van der Waals surface area contributed by atoms with E-state index in [1.54, 1.807) is 72.8 Å². The number of hydrogen-bond donors (Lipinski definition) is 2. The number of halogens is 1. The normalized spacial score (nSPS) is 14.3. The maximum absolute atomic E-state index is 13.2. The Morgan fingerprint density at radius 3 is 2.31 bits per heavy atom. The minimum Gasteiger partial charge on any atom is -0.506 e. The van der Waals surface area contributed by atoms with Crippen LogP contribution in [0.2, 0.25) is 5.02 Å². The van der Waals surface area contributed by atoms with Crippen molar-refractivity contribution in [1.29, 1.82) is 0 Å². The predicted octanol–water partition coefficient (Wildman–Crippen LogP) is 5.62. The van der Waals surface area contributed by atoms with Crippen LogP contribution in [0.3, 0.4) is 0 Å². The van der Waals surface area contributed by atoms with E-state index in [4.69, 9.17) is 16.3 Å². The lowest BCUT2D eigenvalue weighted by Gasteiger charge is -2.20. The lowest BCUT2D eigenvalue weighted by Crippen LogP contribution is -2.31. The molecule has 0 saturated heterocycles. The van der Waals surface area contributed by atoms with E-state index in [0.29, 0.717) is 28.8 Å². The van der Waals surface area contributed by atoms with Crippen LogP contribution < -0.4 is 10.1 Å². The van der Waals surface area contributed by atoms with Crippen molar-refractivity contribution in [2.75, 3.05) is 11.9 Å². The van der Waals surface area contributed by atoms with Gasteiger partial charge in [-0.1, -0.05) is 35.9 Å². The number of benzene rings is 3. The Bertz CT molecular complexity index is 1250. The van der Waals surface area contributed by atoms with Crippen LogP contribution in [0, 0.1) is 0 Å². The van der Waals surface area contributed by atoms with Crippen molar-refractivity contribution < 1.29 is 19.4 Å². The first-order valence-electron chi connectivity index (χ1n) is 9.94. The lowest BCUT2D eigenvalue weighted by molar-refractivity contribution is -0.112. The third-order valence-corrected chi connectivity index (χ3v) is 5.09. The van der Waals surface area contributed by atoms with Crippen LogP contribution in [0.4, 0.5) is 11.4 Å². The number of carbonyl (C=O) groups is 2. The highest BCUT2D eigenvalue weighted by Gasteiger charge is 2.35. The van der Waals surface area contributed by atoms with Crippen LogP contribution in [-0.2, 0) is 4.79 Å². The minimum absolute atomic E-state index is 0.146. The van der Waals surface area contributed by atoms with Crippen molar-refractivity contribution in [2.24, 2.45) is 4.99 Å². The molecule has 0 fully saturated rings. The summed E-state index contributed by atoms with van der Waals surface area (Å²) in [5, 5.41) is 14.2. The fourth-order valence-electron chi connectivity index (χ4n) is 3.34. The van der Waals surface area contributed by atoms with Gasteiger partial charge in [0.25, 0.3) is 5.91 Å². The number of nitrogens with one attached hydrogen (secondary N) is 1. The summed E-state index contributed by atoms with van der Waals surface area (Å²) < 4.78 is 5.41. The first-order chi connectivity index (χ1) is 15.5. The zero-order valence-corrected chi connectivity index (χ0v) is 17.9. The summed E-state index contributed by atoms with van der Waals surface area (Å²) in [4.78, 5) is 30.8. The summed E-state index contributed by atoms with van der Waals surface area (Å²) >= 11 is 5.94. The quantitative estimate of drug-likeness (QED) is 0.532. The van der Waals surface area contributed by atoms with Crippen molar-refractivity contribution in [2.45, 2.75) is 6.92 Å². The van der Waals surface area contributed by atoms with Crippen molar-refractivity contribution in [1.82, 2.24) is 0 Å². The van der Waals surface area contributed by atoms with Gasteiger partial charge in [-0.15, -0.1) is 0 Å². The topological polar surface area (TPSA) is 88.0 Å². The maximum Gasteiger partial charge on any atom is 0.261 e. The average Bonchev–Trinajstić information content (AvgIpc) is 2.80. The number of nitrogens with zero attached hydrogens (tertiary/aromatic N) is 1. The smallest absolute Gasteiger partial charge is 0.261 e. The fraction of sp³-hybridized carbons (Fsp3) is 0.0800. The summed E-state index contributed by atoms with van der Waals surface area (Å²) in [7, 11) is 0. The third-order valence-electron chi connectivity index (χ3n) is 4.83. The molecule has 6 nitrogen and oxygen atoms in total. The van der Waals surface area contributed by atoms with E-state index >= 15 is 0 Å². The van der Waals surface area contributed by atoms with Crippen LogP contribution in [0.15, 0.2) is 83.4 Å². The molecule has 2 N–H and O–H groups in total. The SMILES string of the molecule is CCOc1ccc(NC(=O)C2=C(O)c3ccccc3C(=O)C2=Nc2ccc(Cl)cc2)cc1. The number of aliphatic hydroxyl groups is 1. The third kappa shape index (κ3) is 4.26. The highest BCUT2D eigenvalue weighted by Crippen LogP contribution is 2.31. The molecular formula is C25H19ClN2O4. The molecule has 0 bridgehead atoms. The molecule has 3 aromatic carbocycles. The number of aliphatic imine (C=N–C) groups is 1. The Balaban J connectivity index is 1.76. The van der Waals surface area contributed by atoms with E-state index in [0.717, 1.165) is 0 Å². The van der Waals surface area contributed by atoms with Gasteiger partial charge in [-0.2, -0.15) is 0 Å². The number of carbonyl (C=O) groups excluding carboxylic acids is 2. The van der Waals surface area contributed by atoms with E-state index in [-0.39, 0.29) is 28.2 Å². The van der Waals surface area contributed by atoms with Gasteiger partial charge >= 0.3 is 0 Å². The molecule has 0 aromatic heterocycles. The largest absolute Gasteiger partial charge is 0.506 e. The van der Waals surface area contributed by atoms with Gasteiger partial charge in [0.1, 0.15) is 22.8 Å². The zero-order valence-electron chi connectivity index (χ0n) is 17.1. The minimum atomic E-state index is -0.651. The van der Waals surface area contributed by atoms with Gasteiger partial charge in [0, 0.05) is 21.8 Å². The second-order valence-electron chi connectivity index (χ2n) is 6.95. The average molecular weight is 447 g/mol. The van der Waals surface area contributed by atoms with Crippen LogP contribution >= 0.6 is 11.6 Å². The molecule has 1 aliphatic carbocycles. The Labute approximate surface area is 189 Å². The van der Waals surface area contributed by atoms with Gasteiger partial charge in [-0.05, 0) is 55.5 Å². The number of hydrogen-bond acceptors (Lipinski definition) is 5. The standard InChI is InChI=1S/C25H19ClN2O4/c1-2-32-18-13-11-17(12-14-18)28-25(31)21-22(27-16-9-7-15(26)8-10-16)24(30)20-6-4-3-5-19(20)23(21)29/h3-14,29H,2H2,1H3,(H,28,31). The molecule has 0 radical (unpaired) electrons. The molecular weight excluding hydrogens is 428 g/mol. The van der Waals surface area contributed by atoms with E-state index in [9.17, 15) is 14.7 Å². The molecule has 0 heterocycles. The Hall–Kier alpha value is -3.90. The van der Waals surface area contributed by atoms with Crippen LogP contribution in [0.5, 0.6) is 5.75 Å². The van der Waals surface area contributed by atoms with Crippen molar-refractivity contribution in [3.8, 4) is 5.75 Å². The van der Waals surface area contributed by atoms with E-state index in [2.05, 4.69) is 10.3 Å². The maximum atomic E-state index is 13.2. The van der Waals surface area contributed by atoms with Gasteiger partial charge in [-0.25, -0.2) is 4.99 Å². The summed E-state index contributed by atoms with van der Waals surface area (Å²) in [6.07, 6.45) is 0. The molecule has 1 amide bonds. The number of ketones is 1. The van der Waals surface area contributed by atoms with Gasteiger partial charge in [0.15, 0.2) is 0 Å². The molecule has 7 heteroatoms. The number of aliphatic hydroxyl groups excluding tert-OH is 1. The number of Topliss-reactive ketones (excluding diaryl/α,β-unsaturated/α-hetero) is 1. The molecule has 0 spiro atoms. The molecule has 0 saturated carbocycles. The number of rotatable bonds is 5. The fourth-order valence-corrected chi connectivity index (χ4v) is 3.46. The summed E-state index contributed by atoms with van der Waals surface area (Å²) in [5.41, 5.74) is 1.12. The van der Waals surface area contributed by atoms with E-state index in [1.807, 2.05) is 6.92 Å². The van der Waals surface area contributed by atoms with Gasteiger partial charge in [0.05, 0.1) is 12.3 Å². The summed E-state index contributed by atoms with van der Waals surface area (Å²) in [5.74, 6) is -0.747. The summed E-state index contributed by atoms with van der Waals surface area (Å²) in [6, 6.07) is 19.9.